The Morgan fingerprint density at radius 2 is 2.06 bits per heavy atom. The third-order valence-electron chi connectivity index (χ3n) is 4.75. The van der Waals surface area contributed by atoms with Crippen LogP contribution in [0.2, 0.25) is 0 Å². The Hall–Kier alpha value is -3.15. The third kappa shape index (κ3) is 6.41. The van der Waals surface area contributed by atoms with Crippen molar-refractivity contribution in [2.75, 3.05) is 13.2 Å². The lowest BCUT2D eigenvalue weighted by atomic mass is 10.1. The molecule has 3 rings (SSSR count). The smallest absolute Gasteiger partial charge is 0.335 e. The highest BCUT2D eigenvalue weighted by molar-refractivity contribution is 9.10. The van der Waals surface area contributed by atoms with Crippen molar-refractivity contribution in [3.05, 3.63) is 69.2 Å². The van der Waals surface area contributed by atoms with E-state index in [0.717, 1.165) is 22.9 Å². The minimum Gasteiger partial charge on any atom is -0.488 e. The normalized spacial score (nSPS) is 15.9. The van der Waals surface area contributed by atoms with Crippen LogP contribution in [0.4, 0.5) is 0 Å². The number of benzene rings is 2. The van der Waals surface area contributed by atoms with E-state index in [0.29, 0.717) is 24.5 Å². The molecule has 0 radical (unpaired) electrons. The molecule has 0 spiro atoms. The molecule has 0 aliphatic carbocycles. The van der Waals surface area contributed by atoms with Crippen LogP contribution in [0, 0.1) is 11.3 Å². The van der Waals surface area contributed by atoms with Crippen molar-refractivity contribution in [3.63, 3.8) is 0 Å². The molecule has 1 saturated heterocycles. The first-order chi connectivity index (χ1) is 15.0. The summed E-state index contributed by atoms with van der Waals surface area (Å²) in [7, 11) is 0. The number of carbonyl (C=O) groups excluding carboxylic acids is 1. The average molecular weight is 485 g/mol. The number of nitriles is 1. The molecule has 0 unspecified atom stereocenters. The van der Waals surface area contributed by atoms with Gasteiger partial charge in [-0.2, -0.15) is 5.26 Å². The van der Waals surface area contributed by atoms with Crippen LogP contribution in [0.15, 0.2) is 52.5 Å². The van der Waals surface area contributed by atoms with Gasteiger partial charge in [-0.25, -0.2) is 4.79 Å². The zero-order chi connectivity index (χ0) is 22.2. The molecule has 8 heteroatoms. The van der Waals surface area contributed by atoms with E-state index in [4.69, 9.17) is 14.6 Å². The van der Waals surface area contributed by atoms with Crippen molar-refractivity contribution < 1.29 is 24.2 Å². The summed E-state index contributed by atoms with van der Waals surface area (Å²) in [5, 5.41) is 21.2. The quantitative estimate of drug-likeness (QED) is 0.433. The first-order valence-corrected chi connectivity index (χ1v) is 10.5. The fraction of sp³-hybridized carbons (Fsp3) is 0.261. The second-order valence-corrected chi connectivity index (χ2v) is 7.90. The first kappa shape index (κ1) is 22.5. The van der Waals surface area contributed by atoms with Gasteiger partial charge in [0.25, 0.3) is 5.91 Å². The van der Waals surface area contributed by atoms with Crippen LogP contribution < -0.4 is 10.1 Å². The first-order valence-electron chi connectivity index (χ1n) is 9.72. The van der Waals surface area contributed by atoms with E-state index in [1.165, 1.54) is 18.2 Å². The fourth-order valence-electron chi connectivity index (χ4n) is 3.08. The van der Waals surface area contributed by atoms with E-state index >= 15 is 0 Å². The van der Waals surface area contributed by atoms with Crippen LogP contribution >= 0.6 is 15.9 Å². The number of halogens is 1. The Morgan fingerprint density at radius 3 is 2.71 bits per heavy atom. The van der Waals surface area contributed by atoms with Crippen molar-refractivity contribution in [1.29, 1.82) is 5.26 Å². The van der Waals surface area contributed by atoms with Crippen LogP contribution in [0.5, 0.6) is 5.75 Å². The largest absolute Gasteiger partial charge is 0.488 e. The maximum Gasteiger partial charge on any atom is 0.335 e. The van der Waals surface area contributed by atoms with Crippen molar-refractivity contribution >= 4 is 33.9 Å². The molecule has 1 heterocycles. The molecular formula is C23H21BrN2O5. The third-order valence-corrected chi connectivity index (χ3v) is 5.24. The highest BCUT2D eigenvalue weighted by Gasteiger charge is 2.18. The summed E-state index contributed by atoms with van der Waals surface area (Å²) >= 11 is 3.40. The number of ether oxygens (including phenoxy) is 2. The summed E-state index contributed by atoms with van der Waals surface area (Å²) < 4.78 is 12.1. The number of nitrogens with zero attached hydrogens (tertiary/aromatic N) is 1. The summed E-state index contributed by atoms with van der Waals surface area (Å²) in [4.78, 5) is 23.4. The molecule has 160 valence electrons. The molecule has 7 nitrogen and oxygen atoms in total. The number of aromatic carboxylic acids is 1. The van der Waals surface area contributed by atoms with Crippen molar-refractivity contribution in [1.82, 2.24) is 5.32 Å². The van der Waals surface area contributed by atoms with Crippen LogP contribution in [-0.2, 0) is 16.1 Å². The molecule has 1 fully saturated rings. The Kier molecular flexibility index (Phi) is 7.82. The molecule has 1 aliphatic rings. The standard InChI is InChI=1S/C23H21BrN2O5/c24-19-7-8-21(31-14-15-3-5-16(6-4-15)23(28)29)17(11-19)10-18(12-25)22(27)26-13-20-2-1-9-30-20/h3-8,10-11,20H,1-2,9,13-14H2,(H,26,27)(H,28,29)/b18-10+/t20-/m0/s1. The zero-order valence-corrected chi connectivity index (χ0v) is 18.2. The van der Waals surface area contributed by atoms with E-state index in [2.05, 4.69) is 21.2 Å². The van der Waals surface area contributed by atoms with Gasteiger partial charge in [-0.15, -0.1) is 0 Å². The number of nitrogens with one attached hydrogen (secondary N) is 1. The average Bonchev–Trinajstić information content (AvgIpc) is 3.29. The zero-order valence-electron chi connectivity index (χ0n) is 16.6. The van der Waals surface area contributed by atoms with Crippen molar-refractivity contribution in [2.45, 2.75) is 25.6 Å². The highest BCUT2D eigenvalue weighted by atomic mass is 79.9. The second kappa shape index (κ2) is 10.8. The Morgan fingerprint density at radius 1 is 1.29 bits per heavy atom. The molecule has 0 bridgehead atoms. The Bertz CT molecular complexity index is 1020. The van der Waals surface area contributed by atoms with Gasteiger partial charge >= 0.3 is 5.97 Å². The lowest BCUT2D eigenvalue weighted by Crippen LogP contribution is -2.32. The van der Waals surface area contributed by atoms with E-state index in [-0.39, 0.29) is 23.8 Å². The number of hydrogen-bond donors (Lipinski definition) is 2. The summed E-state index contributed by atoms with van der Waals surface area (Å²) in [5.41, 5.74) is 1.52. The van der Waals surface area contributed by atoms with Gasteiger partial charge in [0.1, 0.15) is 24.0 Å². The lowest BCUT2D eigenvalue weighted by Gasteiger charge is -2.12. The monoisotopic (exact) mass is 484 g/mol. The van der Waals surface area contributed by atoms with Crippen LogP contribution in [0.25, 0.3) is 6.08 Å². The van der Waals surface area contributed by atoms with Gasteiger partial charge in [-0.05, 0) is 54.8 Å². The van der Waals surface area contributed by atoms with Crippen molar-refractivity contribution in [3.8, 4) is 11.8 Å². The van der Waals surface area contributed by atoms with E-state index in [1.807, 2.05) is 6.07 Å². The Labute approximate surface area is 188 Å². The summed E-state index contributed by atoms with van der Waals surface area (Å²) in [6, 6.07) is 13.6. The molecule has 1 amide bonds. The summed E-state index contributed by atoms with van der Waals surface area (Å²) in [6.07, 6.45) is 3.34. The highest BCUT2D eigenvalue weighted by Crippen LogP contribution is 2.26. The van der Waals surface area contributed by atoms with Crippen LogP contribution in [0.3, 0.4) is 0 Å². The summed E-state index contributed by atoms with van der Waals surface area (Å²) in [5.74, 6) is -0.965. The summed E-state index contributed by atoms with van der Waals surface area (Å²) in [6.45, 7) is 1.26. The maximum absolute atomic E-state index is 12.4. The van der Waals surface area contributed by atoms with Gasteiger partial charge in [0.05, 0.1) is 11.7 Å². The minimum atomic E-state index is -0.991. The van der Waals surface area contributed by atoms with Crippen molar-refractivity contribution in [2.24, 2.45) is 0 Å². The molecule has 2 aromatic rings. The fourth-order valence-corrected chi connectivity index (χ4v) is 3.46. The molecule has 2 aromatic carbocycles. The maximum atomic E-state index is 12.4. The predicted molar refractivity (Wildman–Crippen MR) is 117 cm³/mol. The number of carboxylic acids is 1. The SMILES string of the molecule is N#C/C(=C\c1cc(Br)ccc1OCc1ccc(C(=O)O)cc1)C(=O)NC[C@@H]1CCCO1. The second-order valence-electron chi connectivity index (χ2n) is 6.99. The molecule has 31 heavy (non-hydrogen) atoms. The number of carbonyl (C=O) groups is 2. The molecule has 1 atom stereocenters. The molecule has 1 aliphatic heterocycles. The molecule has 2 N–H and O–H groups in total. The topological polar surface area (TPSA) is 109 Å². The van der Waals surface area contributed by atoms with Gasteiger partial charge in [-0.3, -0.25) is 4.79 Å². The van der Waals surface area contributed by atoms with Gasteiger partial charge in [0.2, 0.25) is 0 Å². The van der Waals surface area contributed by atoms with Gasteiger partial charge in [-0.1, -0.05) is 28.1 Å². The van der Waals surface area contributed by atoms with E-state index < -0.39 is 11.9 Å². The van der Waals surface area contributed by atoms with Gasteiger partial charge in [0, 0.05) is 23.2 Å². The number of rotatable bonds is 8. The number of carboxylic acid groups (broad SMARTS) is 1. The van der Waals surface area contributed by atoms with Gasteiger partial charge in [0.15, 0.2) is 0 Å². The van der Waals surface area contributed by atoms with Crippen LogP contribution in [-0.4, -0.2) is 36.2 Å². The Balaban J connectivity index is 1.72. The molecule has 0 aromatic heterocycles. The minimum absolute atomic E-state index is 0.0128. The van der Waals surface area contributed by atoms with Gasteiger partial charge < -0.3 is 19.9 Å². The predicted octanol–water partition coefficient (Wildman–Crippen LogP) is 3.93. The van der Waals surface area contributed by atoms with Crippen LogP contribution in [0.1, 0.15) is 34.3 Å². The number of hydrogen-bond acceptors (Lipinski definition) is 5. The molecule has 0 saturated carbocycles. The number of amides is 1. The lowest BCUT2D eigenvalue weighted by molar-refractivity contribution is -0.117. The van der Waals surface area contributed by atoms with E-state index in [1.54, 1.807) is 30.3 Å². The van der Waals surface area contributed by atoms with E-state index in [9.17, 15) is 14.9 Å². The molecular weight excluding hydrogens is 464 g/mol.